The lowest BCUT2D eigenvalue weighted by Gasteiger charge is -2.10. The van der Waals surface area contributed by atoms with Gasteiger partial charge in [0.15, 0.2) is 0 Å². The molecular formula is C16H20N4O3. The molecule has 1 aromatic carbocycles. The second kappa shape index (κ2) is 8.09. The fraction of sp³-hybridized carbons (Fsp3) is 0.312. The molecule has 0 aliphatic carbocycles. The van der Waals surface area contributed by atoms with E-state index in [-0.39, 0.29) is 12.5 Å². The van der Waals surface area contributed by atoms with Crippen LogP contribution in [0.15, 0.2) is 52.2 Å². The molecule has 3 N–H and O–H groups in total. The van der Waals surface area contributed by atoms with Gasteiger partial charge in [0.1, 0.15) is 6.54 Å². The van der Waals surface area contributed by atoms with E-state index >= 15 is 0 Å². The molecule has 0 aliphatic rings. The molecule has 7 nitrogen and oxygen atoms in total. The number of benzene rings is 1. The van der Waals surface area contributed by atoms with E-state index in [1.807, 2.05) is 30.3 Å². The lowest BCUT2D eigenvalue weighted by molar-refractivity contribution is -0.121. The molecule has 1 aromatic heterocycles. The zero-order chi connectivity index (χ0) is 16.7. The fourth-order valence-corrected chi connectivity index (χ4v) is 2.13. The van der Waals surface area contributed by atoms with Gasteiger partial charge >= 0.3 is 5.69 Å². The Kier molecular flexibility index (Phi) is 5.87. The van der Waals surface area contributed by atoms with Crippen LogP contribution in [0.3, 0.4) is 0 Å². The molecule has 0 saturated heterocycles. The Morgan fingerprint density at radius 2 is 1.87 bits per heavy atom. The number of hydrogen-bond donors (Lipinski definition) is 2. The first-order valence-electron chi connectivity index (χ1n) is 7.43. The highest BCUT2D eigenvalue weighted by Gasteiger charge is 2.09. The van der Waals surface area contributed by atoms with Gasteiger partial charge in [0, 0.05) is 18.8 Å². The van der Waals surface area contributed by atoms with E-state index in [1.54, 1.807) is 0 Å². The highest BCUT2D eigenvalue weighted by molar-refractivity contribution is 5.75. The highest BCUT2D eigenvalue weighted by atomic mass is 16.2. The highest BCUT2D eigenvalue weighted by Crippen LogP contribution is 1.99. The third-order valence-corrected chi connectivity index (χ3v) is 3.34. The van der Waals surface area contributed by atoms with Gasteiger partial charge in [0.25, 0.3) is 5.56 Å². The molecule has 23 heavy (non-hydrogen) atoms. The van der Waals surface area contributed by atoms with E-state index in [0.29, 0.717) is 26.1 Å². The number of nitrogens with two attached hydrogens (primary N) is 1. The smallest absolute Gasteiger partial charge is 0.331 e. The van der Waals surface area contributed by atoms with Gasteiger partial charge < -0.3 is 11.1 Å². The number of carbonyl (C=O) groups excluding carboxylic acids is 1. The maximum absolute atomic E-state index is 12.4. The van der Waals surface area contributed by atoms with E-state index in [2.05, 4.69) is 5.32 Å². The quantitative estimate of drug-likeness (QED) is 0.674. The SMILES string of the molecule is NCCCNC(=O)Cn1c(=O)ccn(Cc2ccccc2)c1=O. The van der Waals surface area contributed by atoms with Crippen molar-refractivity contribution >= 4 is 5.91 Å². The molecule has 0 atom stereocenters. The summed E-state index contributed by atoms with van der Waals surface area (Å²) in [6.45, 7) is 0.942. The van der Waals surface area contributed by atoms with Crippen LogP contribution < -0.4 is 22.3 Å². The summed E-state index contributed by atoms with van der Waals surface area (Å²) in [6.07, 6.45) is 2.09. The predicted molar refractivity (Wildman–Crippen MR) is 87.2 cm³/mol. The molecule has 2 aromatic rings. The first kappa shape index (κ1) is 16.7. The standard InChI is InChI=1S/C16H20N4O3/c17-8-4-9-18-14(21)12-20-15(22)7-10-19(16(20)23)11-13-5-2-1-3-6-13/h1-3,5-7,10H,4,8-9,11-12,17H2,(H,18,21). The second-order valence-electron chi connectivity index (χ2n) is 5.13. The Morgan fingerprint density at radius 1 is 1.13 bits per heavy atom. The van der Waals surface area contributed by atoms with Gasteiger partial charge in [0.2, 0.25) is 5.91 Å². The molecule has 122 valence electrons. The minimum absolute atomic E-state index is 0.294. The summed E-state index contributed by atoms with van der Waals surface area (Å²) >= 11 is 0. The molecule has 7 heteroatoms. The van der Waals surface area contributed by atoms with Crippen LogP contribution in [0.1, 0.15) is 12.0 Å². The van der Waals surface area contributed by atoms with Gasteiger partial charge in [-0.2, -0.15) is 0 Å². The molecule has 0 spiro atoms. The minimum atomic E-state index is -0.504. The molecular weight excluding hydrogens is 296 g/mol. The van der Waals surface area contributed by atoms with Crippen molar-refractivity contribution in [2.45, 2.75) is 19.5 Å². The van der Waals surface area contributed by atoms with Crippen molar-refractivity contribution in [1.82, 2.24) is 14.5 Å². The Hall–Kier alpha value is -2.67. The van der Waals surface area contributed by atoms with Crippen molar-refractivity contribution in [3.8, 4) is 0 Å². The number of hydrogen-bond acceptors (Lipinski definition) is 4. The summed E-state index contributed by atoms with van der Waals surface area (Å²) in [5.74, 6) is -0.380. The Balaban J connectivity index is 2.17. The maximum atomic E-state index is 12.4. The molecule has 1 heterocycles. The number of nitrogens with zero attached hydrogens (tertiary/aromatic N) is 2. The van der Waals surface area contributed by atoms with E-state index in [4.69, 9.17) is 5.73 Å². The molecule has 0 unspecified atom stereocenters. The van der Waals surface area contributed by atoms with Gasteiger partial charge in [-0.3, -0.25) is 18.7 Å². The topological polar surface area (TPSA) is 99.1 Å². The molecule has 0 bridgehead atoms. The average molecular weight is 316 g/mol. The number of aromatic nitrogens is 2. The van der Waals surface area contributed by atoms with Gasteiger partial charge in [-0.05, 0) is 18.5 Å². The maximum Gasteiger partial charge on any atom is 0.331 e. The van der Waals surface area contributed by atoms with Gasteiger partial charge in [-0.1, -0.05) is 30.3 Å². The number of amides is 1. The molecule has 0 aliphatic heterocycles. The lowest BCUT2D eigenvalue weighted by atomic mass is 10.2. The second-order valence-corrected chi connectivity index (χ2v) is 5.13. The summed E-state index contributed by atoms with van der Waals surface area (Å²) in [5.41, 5.74) is 5.29. The van der Waals surface area contributed by atoms with Crippen molar-refractivity contribution < 1.29 is 4.79 Å². The molecule has 0 radical (unpaired) electrons. The fourth-order valence-electron chi connectivity index (χ4n) is 2.13. The lowest BCUT2D eigenvalue weighted by Crippen LogP contribution is -2.43. The zero-order valence-corrected chi connectivity index (χ0v) is 12.8. The summed E-state index contributed by atoms with van der Waals surface area (Å²) in [5, 5.41) is 2.63. The molecule has 1 amide bonds. The number of rotatable bonds is 7. The normalized spacial score (nSPS) is 10.5. The van der Waals surface area contributed by atoms with Crippen LogP contribution in [0.4, 0.5) is 0 Å². The minimum Gasteiger partial charge on any atom is -0.354 e. The van der Waals surface area contributed by atoms with Crippen LogP contribution in [0.5, 0.6) is 0 Å². The van der Waals surface area contributed by atoms with E-state index < -0.39 is 11.2 Å². The Bertz CT molecular complexity index is 765. The van der Waals surface area contributed by atoms with E-state index in [0.717, 1.165) is 10.1 Å². The third kappa shape index (κ3) is 4.65. The molecule has 2 rings (SSSR count). The Labute approximate surface area is 133 Å². The third-order valence-electron chi connectivity index (χ3n) is 3.34. The summed E-state index contributed by atoms with van der Waals surface area (Å²) < 4.78 is 2.34. The van der Waals surface area contributed by atoms with Crippen LogP contribution in [0.25, 0.3) is 0 Å². The number of nitrogens with one attached hydrogen (secondary N) is 1. The van der Waals surface area contributed by atoms with Gasteiger partial charge in [0.05, 0.1) is 6.54 Å². The van der Waals surface area contributed by atoms with Crippen LogP contribution in [-0.4, -0.2) is 28.1 Å². The zero-order valence-electron chi connectivity index (χ0n) is 12.8. The van der Waals surface area contributed by atoms with E-state index in [9.17, 15) is 14.4 Å². The van der Waals surface area contributed by atoms with E-state index in [1.165, 1.54) is 16.8 Å². The van der Waals surface area contributed by atoms with Crippen molar-refractivity contribution in [2.75, 3.05) is 13.1 Å². The number of carbonyl (C=O) groups is 1. The van der Waals surface area contributed by atoms with Gasteiger partial charge in [-0.15, -0.1) is 0 Å². The first-order valence-corrected chi connectivity index (χ1v) is 7.43. The monoisotopic (exact) mass is 316 g/mol. The van der Waals surface area contributed by atoms with Crippen LogP contribution in [0, 0.1) is 0 Å². The molecule has 0 fully saturated rings. The summed E-state index contributed by atoms with van der Waals surface area (Å²) in [4.78, 5) is 36.0. The van der Waals surface area contributed by atoms with Crippen molar-refractivity contribution in [3.05, 3.63) is 69.0 Å². The Morgan fingerprint density at radius 3 is 2.57 bits per heavy atom. The van der Waals surface area contributed by atoms with Gasteiger partial charge in [-0.25, -0.2) is 4.79 Å². The largest absolute Gasteiger partial charge is 0.354 e. The van der Waals surface area contributed by atoms with Crippen molar-refractivity contribution in [3.63, 3.8) is 0 Å². The van der Waals surface area contributed by atoms with Crippen molar-refractivity contribution in [2.24, 2.45) is 5.73 Å². The van der Waals surface area contributed by atoms with Crippen LogP contribution >= 0.6 is 0 Å². The first-order chi connectivity index (χ1) is 11.1. The molecule has 0 saturated carbocycles. The van der Waals surface area contributed by atoms with Crippen molar-refractivity contribution in [1.29, 1.82) is 0 Å². The summed E-state index contributed by atoms with van der Waals surface area (Å²) in [7, 11) is 0. The summed E-state index contributed by atoms with van der Waals surface area (Å²) in [6, 6.07) is 10.7. The predicted octanol–water partition coefficient (Wildman–Crippen LogP) is -0.477. The average Bonchev–Trinajstić information content (AvgIpc) is 2.55. The van der Waals surface area contributed by atoms with Crippen LogP contribution in [-0.2, 0) is 17.9 Å². The van der Waals surface area contributed by atoms with Crippen LogP contribution in [0.2, 0.25) is 0 Å².